The van der Waals surface area contributed by atoms with E-state index in [1.54, 1.807) is 26.1 Å². The van der Waals surface area contributed by atoms with E-state index in [0.717, 1.165) is 16.5 Å². The van der Waals surface area contributed by atoms with Crippen molar-refractivity contribution in [1.82, 2.24) is 9.55 Å². The smallest absolute Gasteiger partial charge is 0.261 e. The van der Waals surface area contributed by atoms with Gasteiger partial charge in [-0.05, 0) is 55.8 Å². The second kappa shape index (κ2) is 8.12. The van der Waals surface area contributed by atoms with E-state index in [2.05, 4.69) is 4.99 Å². The molecule has 172 valence electrons. The van der Waals surface area contributed by atoms with E-state index in [1.807, 2.05) is 50.2 Å². The third-order valence-electron chi connectivity index (χ3n) is 5.95. The summed E-state index contributed by atoms with van der Waals surface area (Å²) in [6, 6.07) is 14.8. The molecule has 0 N–H and O–H groups in total. The van der Waals surface area contributed by atoms with Crippen LogP contribution in [0, 0.1) is 0 Å². The first kappa shape index (κ1) is 22.9. The highest BCUT2D eigenvalue weighted by Gasteiger charge is 2.36. The summed E-state index contributed by atoms with van der Waals surface area (Å²) >= 11 is 18.9. The molecule has 4 aromatic rings. The van der Waals surface area contributed by atoms with Crippen LogP contribution in [0.15, 0.2) is 58.3 Å². The largest absolute Gasteiger partial charge is 0.470 e. The van der Waals surface area contributed by atoms with Gasteiger partial charge in [-0.25, -0.2) is 9.98 Å². The Morgan fingerprint density at radius 2 is 1.62 bits per heavy atom. The Bertz CT molecular complexity index is 1570. The maximum atomic E-state index is 13.4. The molecule has 0 radical (unpaired) electrons. The summed E-state index contributed by atoms with van der Waals surface area (Å²) in [5.41, 5.74) is 3.58. The zero-order valence-corrected chi connectivity index (χ0v) is 21.2. The average Bonchev–Trinajstić information content (AvgIpc) is 2.76. The molecular weight excluding hydrogens is 493 g/mol. The molecule has 0 amide bonds. The summed E-state index contributed by atoms with van der Waals surface area (Å²) in [4.78, 5) is 23.0. The first-order valence-corrected chi connectivity index (χ1v) is 11.7. The van der Waals surface area contributed by atoms with Crippen molar-refractivity contribution < 1.29 is 4.74 Å². The quantitative estimate of drug-likeness (QED) is 0.279. The standard InChI is InChI=1S/C26H20Cl3N3O2/c1-13-30-23-19-12-18(14-5-7-15(27)8-6-14)22(17-10-9-16(28)11-20(17)29)31-24(19)32(4)25(33)21(23)26(2,3)34-13/h5-12H,1-4H3. The average molecular weight is 513 g/mol. The van der Waals surface area contributed by atoms with Crippen molar-refractivity contribution in [3.63, 3.8) is 0 Å². The number of aromatic nitrogens is 2. The second-order valence-electron chi connectivity index (χ2n) is 8.72. The van der Waals surface area contributed by atoms with Crippen LogP contribution in [0.1, 0.15) is 26.3 Å². The first-order valence-electron chi connectivity index (χ1n) is 10.6. The predicted molar refractivity (Wildman–Crippen MR) is 140 cm³/mol. The van der Waals surface area contributed by atoms with Crippen LogP contribution in [-0.4, -0.2) is 15.4 Å². The van der Waals surface area contributed by atoms with Crippen molar-refractivity contribution in [2.75, 3.05) is 0 Å². The lowest BCUT2D eigenvalue weighted by Gasteiger charge is -2.32. The third kappa shape index (κ3) is 3.68. The van der Waals surface area contributed by atoms with Gasteiger partial charge < -0.3 is 4.74 Å². The van der Waals surface area contributed by atoms with Gasteiger partial charge in [0.15, 0.2) is 5.90 Å². The first-order chi connectivity index (χ1) is 16.1. The van der Waals surface area contributed by atoms with E-state index in [1.165, 1.54) is 4.57 Å². The summed E-state index contributed by atoms with van der Waals surface area (Å²) in [7, 11) is 1.70. The van der Waals surface area contributed by atoms with Crippen molar-refractivity contribution in [3.8, 4) is 22.4 Å². The molecule has 2 aromatic carbocycles. The summed E-state index contributed by atoms with van der Waals surface area (Å²) in [6.45, 7) is 5.52. The fourth-order valence-electron chi connectivity index (χ4n) is 4.43. The molecule has 34 heavy (non-hydrogen) atoms. The number of rotatable bonds is 2. The molecule has 8 heteroatoms. The van der Waals surface area contributed by atoms with Gasteiger partial charge in [-0.1, -0.05) is 46.9 Å². The number of benzene rings is 2. The van der Waals surface area contributed by atoms with E-state index >= 15 is 0 Å². The van der Waals surface area contributed by atoms with Crippen LogP contribution in [-0.2, 0) is 17.4 Å². The van der Waals surface area contributed by atoms with Gasteiger partial charge in [0.2, 0.25) is 0 Å². The highest BCUT2D eigenvalue weighted by molar-refractivity contribution is 6.36. The summed E-state index contributed by atoms with van der Waals surface area (Å²) in [5, 5.41) is 2.35. The number of nitrogens with zero attached hydrogens (tertiary/aromatic N) is 3. The van der Waals surface area contributed by atoms with Crippen LogP contribution < -0.4 is 5.56 Å². The van der Waals surface area contributed by atoms with Gasteiger partial charge in [0.25, 0.3) is 5.56 Å². The Balaban J connectivity index is 1.95. The molecule has 3 heterocycles. The van der Waals surface area contributed by atoms with Gasteiger partial charge in [0.1, 0.15) is 11.2 Å². The SMILES string of the molecule is CC1=Nc2c(c(=O)n(C)c3nc(-c4ccc(Cl)cc4Cl)c(-c4ccc(Cl)cc4)cc23)C(C)(C)O1. The number of ether oxygens (including phenoxy) is 1. The Labute approximate surface area is 211 Å². The van der Waals surface area contributed by atoms with Gasteiger partial charge in [-0.3, -0.25) is 9.36 Å². The van der Waals surface area contributed by atoms with Crippen molar-refractivity contribution in [3.05, 3.63) is 79.5 Å². The molecule has 0 atom stereocenters. The molecule has 1 aliphatic heterocycles. The highest BCUT2D eigenvalue weighted by atomic mass is 35.5. The van der Waals surface area contributed by atoms with Crippen molar-refractivity contribution in [2.24, 2.45) is 12.0 Å². The Hall–Kier alpha value is -2.86. The zero-order valence-electron chi connectivity index (χ0n) is 18.9. The Kier molecular flexibility index (Phi) is 5.47. The van der Waals surface area contributed by atoms with Crippen molar-refractivity contribution >= 4 is 57.4 Å². The summed E-state index contributed by atoms with van der Waals surface area (Å²) in [5.74, 6) is 0.491. The van der Waals surface area contributed by atoms with Crippen LogP contribution in [0.2, 0.25) is 15.1 Å². The van der Waals surface area contributed by atoms with Crippen LogP contribution in [0.4, 0.5) is 5.69 Å². The minimum absolute atomic E-state index is 0.205. The van der Waals surface area contributed by atoms with Crippen LogP contribution in [0.25, 0.3) is 33.4 Å². The lowest BCUT2D eigenvalue weighted by molar-refractivity contribution is 0.0874. The zero-order chi connectivity index (χ0) is 24.4. The number of hydrogen-bond donors (Lipinski definition) is 0. The molecule has 5 rings (SSSR count). The predicted octanol–water partition coefficient (Wildman–Crippen LogP) is 7.54. The minimum atomic E-state index is -0.831. The van der Waals surface area contributed by atoms with E-state index in [0.29, 0.717) is 49.1 Å². The topological polar surface area (TPSA) is 56.5 Å². The van der Waals surface area contributed by atoms with Crippen LogP contribution >= 0.6 is 34.8 Å². The Morgan fingerprint density at radius 3 is 2.29 bits per heavy atom. The van der Waals surface area contributed by atoms with Gasteiger partial charge in [0, 0.05) is 40.5 Å². The summed E-state index contributed by atoms with van der Waals surface area (Å²) < 4.78 is 7.44. The molecule has 2 aromatic heterocycles. The molecule has 0 unspecified atom stereocenters. The fourth-order valence-corrected chi connectivity index (χ4v) is 5.05. The van der Waals surface area contributed by atoms with Gasteiger partial charge >= 0.3 is 0 Å². The number of hydrogen-bond acceptors (Lipinski definition) is 4. The minimum Gasteiger partial charge on any atom is -0.470 e. The third-order valence-corrected chi connectivity index (χ3v) is 6.75. The number of pyridine rings is 2. The van der Waals surface area contributed by atoms with E-state index in [-0.39, 0.29) is 5.56 Å². The van der Waals surface area contributed by atoms with E-state index in [4.69, 9.17) is 44.5 Å². The number of halogens is 3. The fraction of sp³-hybridized carbons (Fsp3) is 0.192. The molecule has 1 aliphatic rings. The number of fused-ring (bicyclic) bond motifs is 3. The van der Waals surface area contributed by atoms with Gasteiger partial charge in [-0.2, -0.15) is 0 Å². The van der Waals surface area contributed by atoms with Gasteiger partial charge in [-0.15, -0.1) is 0 Å². The van der Waals surface area contributed by atoms with Gasteiger partial charge in [0.05, 0.1) is 22.0 Å². The number of aliphatic imine (C=N–C) groups is 1. The highest BCUT2D eigenvalue weighted by Crippen LogP contribution is 2.43. The molecule has 0 fully saturated rings. The van der Waals surface area contributed by atoms with Crippen LogP contribution in [0.3, 0.4) is 0 Å². The molecule has 0 spiro atoms. The Morgan fingerprint density at radius 1 is 0.941 bits per heavy atom. The normalized spacial score (nSPS) is 14.5. The van der Waals surface area contributed by atoms with Crippen LogP contribution in [0.5, 0.6) is 0 Å². The maximum Gasteiger partial charge on any atom is 0.261 e. The molecule has 0 bridgehead atoms. The molecule has 0 saturated carbocycles. The van der Waals surface area contributed by atoms with E-state index < -0.39 is 5.60 Å². The number of aryl methyl sites for hydroxylation is 1. The van der Waals surface area contributed by atoms with Crippen molar-refractivity contribution in [1.29, 1.82) is 0 Å². The second-order valence-corrected chi connectivity index (χ2v) is 10.00. The lowest BCUT2D eigenvalue weighted by Crippen LogP contribution is -2.37. The lowest BCUT2D eigenvalue weighted by atomic mass is 9.92. The van der Waals surface area contributed by atoms with E-state index in [9.17, 15) is 4.79 Å². The maximum absolute atomic E-state index is 13.4. The molecule has 0 aliphatic carbocycles. The molecule has 5 nitrogen and oxygen atoms in total. The molecule has 0 saturated heterocycles. The molecular formula is C26H20Cl3N3O2. The monoisotopic (exact) mass is 511 g/mol. The van der Waals surface area contributed by atoms with Crippen molar-refractivity contribution in [2.45, 2.75) is 26.4 Å². The summed E-state index contributed by atoms with van der Waals surface area (Å²) in [6.07, 6.45) is 0.